The van der Waals surface area contributed by atoms with E-state index < -0.39 is 0 Å². The Morgan fingerprint density at radius 3 is 2.75 bits per heavy atom. The van der Waals surface area contributed by atoms with Crippen LogP contribution in [0.2, 0.25) is 5.02 Å². The summed E-state index contributed by atoms with van der Waals surface area (Å²) in [5.41, 5.74) is 3.60. The largest absolute Gasteiger partial charge is 0.477 e. The lowest BCUT2D eigenvalue weighted by Gasteiger charge is -2.56. The van der Waals surface area contributed by atoms with Gasteiger partial charge in [0.25, 0.3) is 0 Å². The summed E-state index contributed by atoms with van der Waals surface area (Å²) in [5, 5.41) is 9.26. The zero-order valence-electron chi connectivity index (χ0n) is 16.1. The Hall–Kier alpha value is -2.40. The lowest BCUT2D eigenvalue weighted by molar-refractivity contribution is -0.00922. The van der Waals surface area contributed by atoms with Gasteiger partial charge in [-0.05, 0) is 54.4 Å². The Morgan fingerprint density at radius 2 is 2.00 bits per heavy atom. The molecule has 144 valence electrons. The van der Waals surface area contributed by atoms with Gasteiger partial charge < -0.3 is 4.74 Å². The van der Waals surface area contributed by atoms with Crippen LogP contribution < -0.4 is 4.74 Å². The van der Waals surface area contributed by atoms with E-state index in [1.807, 2.05) is 28.7 Å². The first-order valence-electron chi connectivity index (χ1n) is 9.81. The molecule has 1 aromatic carbocycles. The second-order valence-corrected chi connectivity index (χ2v) is 8.83. The van der Waals surface area contributed by atoms with Crippen LogP contribution in [0, 0.1) is 17.3 Å². The third-order valence-corrected chi connectivity index (χ3v) is 6.86. The fourth-order valence-electron chi connectivity index (χ4n) is 4.74. The van der Waals surface area contributed by atoms with Crippen molar-refractivity contribution in [2.75, 3.05) is 6.61 Å². The maximum absolute atomic E-state index is 6.15. The Kier molecular flexibility index (Phi) is 4.16. The number of nitrogens with zero attached hydrogens (tertiary/aromatic N) is 4. The van der Waals surface area contributed by atoms with E-state index in [1.165, 1.54) is 12.8 Å². The van der Waals surface area contributed by atoms with Crippen molar-refractivity contribution in [2.45, 2.75) is 33.1 Å². The van der Waals surface area contributed by atoms with E-state index in [-0.39, 0.29) is 0 Å². The van der Waals surface area contributed by atoms with Crippen molar-refractivity contribution in [2.24, 2.45) is 17.3 Å². The van der Waals surface area contributed by atoms with Crippen molar-refractivity contribution < 1.29 is 4.74 Å². The molecule has 0 N–H and O–H groups in total. The van der Waals surface area contributed by atoms with Crippen molar-refractivity contribution in [3.63, 3.8) is 0 Å². The summed E-state index contributed by atoms with van der Waals surface area (Å²) < 4.78 is 8.07. The van der Waals surface area contributed by atoms with Gasteiger partial charge >= 0.3 is 0 Å². The lowest BCUT2D eigenvalue weighted by atomic mass is 9.48. The number of hydrogen-bond acceptors (Lipinski definition) is 4. The molecule has 3 aliphatic carbocycles. The van der Waals surface area contributed by atoms with Crippen LogP contribution in [0.5, 0.6) is 5.88 Å². The third-order valence-electron chi connectivity index (χ3n) is 6.61. The van der Waals surface area contributed by atoms with Gasteiger partial charge in [-0.15, -0.1) is 10.2 Å². The topological polar surface area (TPSA) is 52.3 Å². The van der Waals surface area contributed by atoms with Gasteiger partial charge in [-0.2, -0.15) is 0 Å². The molecule has 2 aromatic heterocycles. The van der Waals surface area contributed by atoms with E-state index in [1.54, 1.807) is 18.0 Å². The smallest absolute Gasteiger partial charge is 0.220 e. The van der Waals surface area contributed by atoms with E-state index in [0.29, 0.717) is 34.5 Å². The molecule has 6 heteroatoms. The molecule has 2 bridgehead atoms. The Balaban J connectivity index is 1.37. The van der Waals surface area contributed by atoms with Gasteiger partial charge in [0, 0.05) is 17.0 Å². The summed E-state index contributed by atoms with van der Waals surface area (Å²) in [4.78, 5) is 4.26. The van der Waals surface area contributed by atoms with Gasteiger partial charge in [-0.25, -0.2) is 4.40 Å². The first kappa shape index (κ1) is 17.7. The highest BCUT2D eigenvalue weighted by Crippen LogP contribution is 2.59. The molecule has 0 saturated heterocycles. The van der Waals surface area contributed by atoms with Crippen molar-refractivity contribution in [3.05, 3.63) is 53.3 Å². The standard InChI is InChI=1S/C22H23ClN4O/c1-22(2)16-6-3-14(18(22)11-16)9-10-28-20-13-24-12-19-25-26-21(27(19)20)15-4-7-17(23)8-5-15/h3-5,7-8,12-13,16,18H,6,9-11H2,1-2H3. The van der Waals surface area contributed by atoms with Gasteiger partial charge in [0.1, 0.15) is 0 Å². The lowest BCUT2D eigenvalue weighted by Crippen LogP contribution is -2.48. The van der Waals surface area contributed by atoms with Crippen molar-refractivity contribution in [3.8, 4) is 17.3 Å². The molecule has 0 spiro atoms. The number of allylic oxidation sites excluding steroid dienone is 1. The number of aromatic nitrogens is 4. The van der Waals surface area contributed by atoms with Crippen LogP contribution in [0.4, 0.5) is 0 Å². The molecule has 0 amide bonds. The fraction of sp³-hybridized carbons (Fsp3) is 0.409. The summed E-state index contributed by atoms with van der Waals surface area (Å²) in [6, 6.07) is 7.57. The number of rotatable bonds is 5. The second-order valence-electron chi connectivity index (χ2n) is 8.39. The van der Waals surface area contributed by atoms with Gasteiger partial charge in [0.15, 0.2) is 11.5 Å². The predicted octanol–water partition coefficient (Wildman–Crippen LogP) is 5.21. The highest BCUT2D eigenvalue weighted by molar-refractivity contribution is 6.30. The normalized spacial score (nSPS) is 22.6. The van der Waals surface area contributed by atoms with E-state index in [2.05, 4.69) is 35.1 Å². The van der Waals surface area contributed by atoms with Gasteiger partial charge in [0.2, 0.25) is 5.88 Å². The summed E-state index contributed by atoms with van der Waals surface area (Å²) in [5.74, 6) is 2.96. The summed E-state index contributed by atoms with van der Waals surface area (Å²) in [6.45, 7) is 5.43. The number of fused-ring (bicyclic) bond motifs is 2. The van der Waals surface area contributed by atoms with Crippen LogP contribution in [0.15, 0.2) is 48.3 Å². The van der Waals surface area contributed by atoms with Crippen molar-refractivity contribution in [1.82, 2.24) is 19.6 Å². The second kappa shape index (κ2) is 6.59. The summed E-state index contributed by atoms with van der Waals surface area (Å²) in [7, 11) is 0. The van der Waals surface area contributed by atoms with Crippen molar-refractivity contribution >= 4 is 17.2 Å². The quantitative estimate of drug-likeness (QED) is 0.557. The molecule has 1 saturated carbocycles. The maximum atomic E-state index is 6.15. The molecule has 2 unspecified atom stereocenters. The Bertz CT molecular complexity index is 1050. The van der Waals surface area contributed by atoms with Crippen molar-refractivity contribution in [1.29, 1.82) is 0 Å². The third kappa shape index (κ3) is 2.80. The Morgan fingerprint density at radius 1 is 1.18 bits per heavy atom. The molecule has 6 rings (SSSR count). The first-order chi connectivity index (χ1) is 13.5. The molecule has 3 aromatic rings. The fourth-order valence-corrected chi connectivity index (χ4v) is 4.87. The molecule has 28 heavy (non-hydrogen) atoms. The SMILES string of the molecule is CC1(C)C2CC=C(CCOc3cncc4nnc(-c5ccc(Cl)cc5)n34)C1C2. The molecule has 1 fully saturated rings. The number of benzene rings is 1. The van der Waals surface area contributed by atoms with Crippen LogP contribution in [-0.2, 0) is 0 Å². The maximum Gasteiger partial charge on any atom is 0.220 e. The molecule has 0 aliphatic heterocycles. The highest BCUT2D eigenvalue weighted by Gasteiger charge is 2.50. The molecular weight excluding hydrogens is 372 g/mol. The monoisotopic (exact) mass is 394 g/mol. The van der Waals surface area contributed by atoms with E-state index in [9.17, 15) is 0 Å². The van der Waals surface area contributed by atoms with Gasteiger partial charge in [-0.3, -0.25) is 4.98 Å². The molecule has 2 heterocycles. The van der Waals surface area contributed by atoms with Crippen LogP contribution in [-0.4, -0.2) is 26.2 Å². The zero-order chi connectivity index (χ0) is 19.3. The highest BCUT2D eigenvalue weighted by atomic mass is 35.5. The van der Waals surface area contributed by atoms with E-state index in [0.717, 1.165) is 23.7 Å². The van der Waals surface area contributed by atoms with Crippen LogP contribution >= 0.6 is 11.6 Å². The van der Waals surface area contributed by atoms with Crippen LogP contribution in [0.3, 0.4) is 0 Å². The molecule has 3 aliphatic rings. The van der Waals surface area contributed by atoms with Crippen LogP contribution in [0.25, 0.3) is 17.0 Å². The minimum absolute atomic E-state index is 0.446. The average Bonchev–Trinajstić information content (AvgIpc) is 3.13. The predicted molar refractivity (Wildman–Crippen MR) is 109 cm³/mol. The minimum atomic E-state index is 0.446. The summed E-state index contributed by atoms with van der Waals surface area (Å²) >= 11 is 6.02. The average molecular weight is 395 g/mol. The molecule has 2 atom stereocenters. The minimum Gasteiger partial charge on any atom is -0.477 e. The molecule has 5 nitrogen and oxygen atoms in total. The van der Waals surface area contributed by atoms with Crippen LogP contribution in [0.1, 0.15) is 33.1 Å². The molecular formula is C22H23ClN4O. The Labute approximate surface area is 169 Å². The number of halogens is 1. The van der Waals surface area contributed by atoms with E-state index >= 15 is 0 Å². The number of hydrogen-bond donors (Lipinski definition) is 0. The molecule has 0 radical (unpaired) electrons. The number of ether oxygens (including phenoxy) is 1. The zero-order valence-corrected chi connectivity index (χ0v) is 16.9. The first-order valence-corrected chi connectivity index (χ1v) is 10.2. The van der Waals surface area contributed by atoms with Gasteiger partial charge in [0.05, 0.1) is 19.0 Å². The van der Waals surface area contributed by atoms with Gasteiger partial charge in [-0.1, -0.05) is 37.1 Å². The van der Waals surface area contributed by atoms with E-state index in [4.69, 9.17) is 16.3 Å². The summed E-state index contributed by atoms with van der Waals surface area (Å²) in [6.07, 6.45) is 9.36.